The van der Waals surface area contributed by atoms with Crippen molar-refractivity contribution >= 4 is 52.2 Å². The summed E-state index contributed by atoms with van der Waals surface area (Å²) in [6.45, 7) is -6.47. The Balaban J connectivity index is 0.000000150. The van der Waals surface area contributed by atoms with E-state index in [0.717, 1.165) is 59.1 Å². The molecule has 3 aromatic carbocycles. The number of hydrogen-bond donors (Lipinski definition) is 5. The minimum absolute atomic E-state index is 0.0365. The largest absolute Gasteiger partial charge is 0.472 e. The SMILES string of the molecule is COC[C@@H]1CCc2c(-c3ccc(F)cc3F)cc(C(N)=O)nc2O1.COC[C@H]1CCc2c(-c3ccc(F)cc3F)cc(C(N)=O)nc2O1.NC(=O)c1cc(-c2ccc(F)cc2F)c2c(n1)O[C@H](CF)CC2.NC(=O)c1cc(-c2cnc(C(F)F)s2)c2c(n1)O[C@@H](COC(F)F)CC2.NC(=O)c1cc(-c2cnc(C(F)F)s2)c2c(n1)O[C@H](COC(F)F)CC2. The standard InChI is InChI=1S/2C17H16F2N2O3.C16H13F3N2O2.2C15H13F4N3O3S/c2*1-23-8-10-3-5-12-13(11-4-2-9(18)6-14(11)19)7-15(16(20)22)21-17(12)24-10;17-7-9-2-4-11-12(10-3-1-8(18)5-13(10)19)6-14(15(20)22)21-16(11)23-9;2*16-11(17)14-21-4-10(26-14)8-3-9(12(20)23)22-13-7(8)2-1-6(25-13)5-24-15(18)19/h2*2,4,6-7,10H,3,5,8H2,1H3,(H2,20,22);1,3,5-6,9H,2,4,7H2,(H2,20,22);2*3-4,6,11,15H,1-2,5H2,(H2,20,23)/t2*10-;9-;2*6-/m10010/s1. The minimum Gasteiger partial charge on any atom is -0.472 e. The highest BCUT2D eigenvalue weighted by molar-refractivity contribution is 7.15. The van der Waals surface area contributed by atoms with Gasteiger partial charge in [0.05, 0.1) is 36.2 Å². The maximum absolute atomic E-state index is 14.2. The minimum atomic E-state index is -2.93. The molecule has 5 amide bonds. The number of amides is 5. The molecule has 123 heavy (non-hydrogen) atoms. The lowest BCUT2D eigenvalue weighted by molar-refractivity contribution is -0.146. The molecule has 0 aliphatic carbocycles. The Bertz CT molecular complexity index is 5280. The molecule has 5 aliphatic rings. The van der Waals surface area contributed by atoms with Gasteiger partial charge in [0.1, 0.15) is 101 Å². The molecular formula is C80H71F15N12O14S2. The number of benzene rings is 3. The fourth-order valence-corrected chi connectivity index (χ4v) is 14.9. The van der Waals surface area contributed by atoms with Gasteiger partial charge in [-0.3, -0.25) is 24.0 Å². The van der Waals surface area contributed by atoms with E-state index in [1.807, 2.05) is 0 Å². The number of pyridine rings is 5. The van der Waals surface area contributed by atoms with Crippen LogP contribution in [0, 0.1) is 34.9 Å². The van der Waals surface area contributed by atoms with Gasteiger partial charge in [0, 0.05) is 100 Å². The van der Waals surface area contributed by atoms with Gasteiger partial charge in [0.15, 0.2) is 10.0 Å². The number of thiazole rings is 2. The number of aromatic nitrogens is 7. The van der Waals surface area contributed by atoms with Crippen molar-refractivity contribution in [2.24, 2.45) is 28.7 Å². The van der Waals surface area contributed by atoms with Gasteiger partial charge < -0.3 is 71.3 Å². The van der Waals surface area contributed by atoms with Gasteiger partial charge in [-0.05, 0) is 148 Å². The Kier molecular flexibility index (Phi) is 30.6. The van der Waals surface area contributed by atoms with Crippen LogP contribution in [-0.2, 0) is 51.1 Å². The molecule has 0 fully saturated rings. The van der Waals surface area contributed by atoms with Crippen molar-refractivity contribution in [1.82, 2.24) is 34.9 Å². The van der Waals surface area contributed by atoms with Crippen molar-refractivity contribution in [3.05, 3.63) is 199 Å². The van der Waals surface area contributed by atoms with Crippen LogP contribution in [0.5, 0.6) is 29.4 Å². The monoisotopic (exact) mass is 1770 g/mol. The molecule has 43 heteroatoms. The third-order valence-electron chi connectivity index (χ3n) is 19.0. The van der Waals surface area contributed by atoms with Gasteiger partial charge in [-0.1, -0.05) is 0 Å². The van der Waals surface area contributed by atoms with E-state index in [4.69, 9.17) is 61.8 Å². The molecule has 5 atom stereocenters. The number of alkyl halides is 9. The highest BCUT2D eigenvalue weighted by Gasteiger charge is 2.34. The second-order valence-corrected chi connectivity index (χ2v) is 29.4. The molecule has 0 radical (unpaired) electrons. The van der Waals surface area contributed by atoms with Crippen LogP contribution in [0.15, 0.2) is 97.3 Å². The molecule has 0 saturated heterocycles. The van der Waals surface area contributed by atoms with Crippen molar-refractivity contribution in [2.45, 2.75) is 121 Å². The number of carbonyl (C=O) groups is 5. The van der Waals surface area contributed by atoms with Crippen LogP contribution in [0.25, 0.3) is 54.3 Å². The molecule has 0 bridgehead atoms. The summed E-state index contributed by atoms with van der Waals surface area (Å²) >= 11 is 1.56. The molecule has 5 aliphatic heterocycles. The quantitative estimate of drug-likeness (QED) is 0.0371. The van der Waals surface area contributed by atoms with Crippen molar-refractivity contribution in [3.8, 4) is 83.7 Å². The summed E-state index contributed by atoms with van der Waals surface area (Å²) in [6, 6.07) is 16.7. The Labute approximate surface area is 695 Å². The van der Waals surface area contributed by atoms with Crippen molar-refractivity contribution < 1.29 is 132 Å². The number of ether oxygens (including phenoxy) is 9. The summed E-state index contributed by atoms with van der Waals surface area (Å²) in [5, 5.41) is -0.711. The zero-order valence-electron chi connectivity index (χ0n) is 64.3. The highest BCUT2D eigenvalue weighted by atomic mass is 32.1. The van der Waals surface area contributed by atoms with Gasteiger partial charge in [0.2, 0.25) is 29.4 Å². The first-order valence-electron chi connectivity index (χ1n) is 36.9. The van der Waals surface area contributed by atoms with Gasteiger partial charge in [0.25, 0.3) is 42.4 Å². The summed E-state index contributed by atoms with van der Waals surface area (Å²) in [6.07, 6.45) is -0.514. The molecule has 0 saturated carbocycles. The van der Waals surface area contributed by atoms with E-state index in [2.05, 4.69) is 44.4 Å². The second kappa shape index (κ2) is 41.1. The third kappa shape index (κ3) is 23.0. The van der Waals surface area contributed by atoms with Crippen LogP contribution < -0.4 is 52.4 Å². The summed E-state index contributed by atoms with van der Waals surface area (Å²) in [5.41, 5.74) is 31.6. The first kappa shape index (κ1) is 91.5. The van der Waals surface area contributed by atoms with E-state index < -0.39 is 115 Å². The number of nitrogens with two attached hydrogens (primary N) is 5. The maximum atomic E-state index is 14.2. The summed E-state index contributed by atoms with van der Waals surface area (Å²) in [4.78, 5) is 86.0. The summed E-state index contributed by atoms with van der Waals surface area (Å²) in [5.74, 6) is -7.63. The topological polar surface area (TPSA) is 389 Å². The average Bonchev–Trinajstić information content (AvgIpc) is 1.72. The van der Waals surface area contributed by atoms with Crippen LogP contribution in [0.2, 0.25) is 0 Å². The fraction of sp³-hybridized carbons (Fsp3) is 0.325. The van der Waals surface area contributed by atoms with E-state index in [1.54, 1.807) is 14.2 Å². The van der Waals surface area contributed by atoms with Gasteiger partial charge in [-0.2, -0.15) is 17.6 Å². The first-order valence-corrected chi connectivity index (χ1v) is 38.5. The number of halogens is 15. The lowest BCUT2D eigenvalue weighted by Gasteiger charge is -2.26. The Morgan fingerprint density at radius 2 is 0.626 bits per heavy atom. The third-order valence-corrected chi connectivity index (χ3v) is 21.1. The molecule has 10 aromatic rings. The Morgan fingerprint density at radius 1 is 0.374 bits per heavy atom. The van der Waals surface area contributed by atoms with Crippen LogP contribution >= 0.6 is 22.7 Å². The molecule has 12 heterocycles. The molecule has 0 unspecified atom stereocenters. The van der Waals surface area contributed by atoms with Crippen LogP contribution in [0.4, 0.5) is 65.9 Å². The smallest absolute Gasteiger partial charge is 0.345 e. The number of primary amides is 5. The predicted molar refractivity (Wildman–Crippen MR) is 409 cm³/mol. The highest BCUT2D eigenvalue weighted by Crippen LogP contribution is 2.45. The molecule has 7 aromatic heterocycles. The predicted octanol–water partition coefficient (Wildman–Crippen LogP) is 14.1. The van der Waals surface area contributed by atoms with E-state index >= 15 is 0 Å². The first-order chi connectivity index (χ1) is 58.7. The van der Waals surface area contributed by atoms with Crippen molar-refractivity contribution in [3.63, 3.8) is 0 Å². The molecule has 15 rings (SSSR count). The van der Waals surface area contributed by atoms with E-state index in [9.17, 15) is 89.8 Å². The molecule has 652 valence electrons. The Morgan fingerprint density at radius 3 is 0.862 bits per heavy atom. The number of hydrogen-bond acceptors (Lipinski definition) is 23. The van der Waals surface area contributed by atoms with E-state index in [-0.39, 0.29) is 110 Å². The summed E-state index contributed by atoms with van der Waals surface area (Å²) in [7, 11) is 3.12. The lowest BCUT2D eigenvalue weighted by Crippen LogP contribution is -2.30. The van der Waals surface area contributed by atoms with Gasteiger partial charge in [-0.15, -0.1) is 22.7 Å². The molecule has 10 N–H and O–H groups in total. The number of methoxy groups -OCH3 is 2. The zero-order valence-corrected chi connectivity index (χ0v) is 65.9. The van der Waals surface area contributed by atoms with Crippen molar-refractivity contribution in [2.75, 3.05) is 47.3 Å². The maximum Gasteiger partial charge on any atom is 0.345 e. The van der Waals surface area contributed by atoms with Crippen molar-refractivity contribution in [1.29, 1.82) is 0 Å². The average molecular weight is 1770 g/mol. The molecule has 26 nitrogen and oxygen atoms in total. The van der Waals surface area contributed by atoms with Crippen LogP contribution in [-0.4, -0.2) is 155 Å². The number of fused-ring (bicyclic) bond motifs is 5. The number of rotatable bonds is 23. The van der Waals surface area contributed by atoms with E-state index in [1.165, 1.54) is 60.9 Å². The van der Waals surface area contributed by atoms with Gasteiger partial charge >= 0.3 is 13.2 Å². The zero-order chi connectivity index (χ0) is 88.8. The number of carbonyl (C=O) groups excluding carboxylic acids is 5. The number of nitrogens with zero attached hydrogens (tertiary/aromatic N) is 7. The summed E-state index contributed by atoms with van der Waals surface area (Å²) < 4.78 is 241. The Hall–Kier alpha value is -12.2. The molecule has 0 spiro atoms. The normalized spacial score (nSPS) is 16.5. The van der Waals surface area contributed by atoms with Crippen LogP contribution in [0.3, 0.4) is 0 Å². The van der Waals surface area contributed by atoms with E-state index in [0.29, 0.717) is 143 Å². The van der Waals surface area contributed by atoms with Gasteiger partial charge in [-0.25, -0.2) is 83.2 Å². The molecular weight excluding hydrogens is 1700 g/mol. The second-order valence-electron chi connectivity index (χ2n) is 27.3. The lowest BCUT2D eigenvalue weighted by atomic mass is 9.94. The van der Waals surface area contributed by atoms with Crippen LogP contribution in [0.1, 0.15) is 135 Å². The fourth-order valence-electron chi connectivity index (χ4n) is 13.3.